The summed E-state index contributed by atoms with van der Waals surface area (Å²) in [6, 6.07) is 13.8. The molecule has 168 valence electrons. The molecule has 0 fully saturated rings. The normalized spacial score (nSPS) is 15.5. The number of amides is 1. The number of hydrogen-bond donors (Lipinski definition) is 2. The topological polar surface area (TPSA) is 89.0 Å². The van der Waals surface area contributed by atoms with E-state index in [2.05, 4.69) is 10.6 Å². The molecule has 0 aromatic heterocycles. The molecule has 0 saturated carbocycles. The lowest BCUT2D eigenvalue weighted by Gasteiger charge is -2.26. The number of rotatable bonds is 7. The Bertz CT molecular complexity index is 1070. The molecule has 32 heavy (non-hydrogen) atoms. The van der Waals surface area contributed by atoms with Gasteiger partial charge in [0, 0.05) is 5.70 Å². The van der Waals surface area contributed by atoms with Crippen LogP contribution in [0, 0.1) is 0 Å². The predicted molar refractivity (Wildman–Crippen MR) is 128 cm³/mol. The number of carbonyl (C=O) groups is 2. The minimum atomic E-state index is -0.584. The first-order chi connectivity index (χ1) is 15.4. The molecule has 1 atom stereocenters. The third-order valence-electron chi connectivity index (χ3n) is 4.61. The lowest BCUT2D eigenvalue weighted by atomic mass is 9.96. The first-order valence-corrected chi connectivity index (χ1v) is 11.3. The zero-order valence-corrected chi connectivity index (χ0v) is 19.5. The van der Waals surface area contributed by atoms with Crippen LogP contribution in [0.1, 0.15) is 25.5 Å². The highest BCUT2D eigenvalue weighted by atomic mass is 35.5. The van der Waals surface area contributed by atoms with E-state index >= 15 is 0 Å². The molecule has 7 nitrogen and oxygen atoms in total. The van der Waals surface area contributed by atoms with Gasteiger partial charge in [-0.15, -0.1) is 0 Å². The maximum atomic E-state index is 12.7. The molecule has 1 heterocycles. The number of hydrogen-bond acceptors (Lipinski definition) is 7. The smallest absolute Gasteiger partial charge is 0.338 e. The second-order valence-electron chi connectivity index (χ2n) is 6.81. The third kappa shape index (κ3) is 5.83. The highest BCUT2D eigenvalue weighted by molar-refractivity contribution is 8.14. The number of methoxy groups -OCH3 is 1. The number of halogens is 1. The van der Waals surface area contributed by atoms with Gasteiger partial charge >= 0.3 is 5.97 Å². The molecular formula is C23H24ClN3O4S. The first-order valence-electron chi connectivity index (χ1n) is 9.96. The Hall–Kier alpha value is -2.97. The van der Waals surface area contributed by atoms with E-state index in [-0.39, 0.29) is 18.3 Å². The Labute approximate surface area is 196 Å². The molecule has 0 aliphatic carbocycles. The van der Waals surface area contributed by atoms with Crippen molar-refractivity contribution in [1.82, 2.24) is 5.32 Å². The van der Waals surface area contributed by atoms with E-state index in [1.54, 1.807) is 45.2 Å². The molecule has 2 aromatic carbocycles. The van der Waals surface area contributed by atoms with Crippen LogP contribution in [0.5, 0.6) is 5.75 Å². The van der Waals surface area contributed by atoms with Crippen molar-refractivity contribution in [3.63, 3.8) is 0 Å². The van der Waals surface area contributed by atoms with Crippen molar-refractivity contribution in [2.24, 2.45) is 4.99 Å². The van der Waals surface area contributed by atoms with E-state index in [0.717, 1.165) is 5.56 Å². The van der Waals surface area contributed by atoms with Crippen LogP contribution < -0.4 is 15.4 Å². The number of benzene rings is 2. The van der Waals surface area contributed by atoms with Crippen molar-refractivity contribution in [3.05, 3.63) is 70.4 Å². The number of amidine groups is 1. The third-order valence-corrected chi connectivity index (χ3v) is 5.83. The summed E-state index contributed by atoms with van der Waals surface area (Å²) in [7, 11) is 1.58. The Balaban J connectivity index is 1.80. The number of nitrogens with one attached hydrogen (secondary N) is 2. The van der Waals surface area contributed by atoms with Gasteiger partial charge in [-0.05, 0) is 43.7 Å². The molecule has 0 saturated heterocycles. The molecule has 9 heteroatoms. The minimum Gasteiger partial charge on any atom is -0.497 e. The minimum absolute atomic E-state index is 0.115. The van der Waals surface area contributed by atoms with E-state index in [1.807, 2.05) is 24.3 Å². The fourth-order valence-electron chi connectivity index (χ4n) is 3.13. The largest absolute Gasteiger partial charge is 0.497 e. The molecule has 0 bridgehead atoms. The van der Waals surface area contributed by atoms with Crippen molar-refractivity contribution >= 4 is 46.1 Å². The molecule has 1 aliphatic rings. The quantitative estimate of drug-likeness (QED) is 0.573. The summed E-state index contributed by atoms with van der Waals surface area (Å²) in [5, 5.41) is 6.90. The Morgan fingerprint density at radius 2 is 2.00 bits per heavy atom. The molecule has 2 N–H and O–H groups in total. The van der Waals surface area contributed by atoms with E-state index in [0.29, 0.717) is 32.9 Å². The molecule has 2 aromatic rings. The number of ether oxygens (including phenoxy) is 2. The van der Waals surface area contributed by atoms with Crippen LogP contribution in [0.2, 0.25) is 5.02 Å². The van der Waals surface area contributed by atoms with E-state index in [9.17, 15) is 9.59 Å². The van der Waals surface area contributed by atoms with E-state index in [1.165, 1.54) is 11.8 Å². The van der Waals surface area contributed by atoms with E-state index < -0.39 is 12.0 Å². The van der Waals surface area contributed by atoms with Crippen molar-refractivity contribution in [2.75, 3.05) is 24.8 Å². The molecule has 0 spiro atoms. The van der Waals surface area contributed by atoms with Crippen LogP contribution in [0.3, 0.4) is 0 Å². The summed E-state index contributed by atoms with van der Waals surface area (Å²) in [6.45, 7) is 3.80. The Morgan fingerprint density at radius 3 is 2.72 bits per heavy atom. The van der Waals surface area contributed by atoms with Gasteiger partial charge in [0.05, 0.1) is 35.8 Å². The maximum absolute atomic E-state index is 12.7. The Kier molecular flexibility index (Phi) is 8.19. The average Bonchev–Trinajstić information content (AvgIpc) is 2.79. The summed E-state index contributed by atoms with van der Waals surface area (Å²) in [4.78, 5) is 29.8. The molecule has 3 rings (SSSR count). The van der Waals surface area contributed by atoms with Gasteiger partial charge in [-0.1, -0.05) is 47.6 Å². The summed E-state index contributed by atoms with van der Waals surface area (Å²) >= 11 is 7.34. The van der Waals surface area contributed by atoms with Gasteiger partial charge in [0.2, 0.25) is 5.91 Å². The number of aliphatic imine (C=N–C) groups is 1. The van der Waals surface area contributed by atoms with Gasteiger partial charge < -0.3 is 20.1 Å². The molecule has 0 unspecified atom stereocenters. The fourth-order valence-corrected chi connectivity index (χ4v) is 4.06. The van der Waals surface area contributed by atoms with Gasteiger partial charge in [0.1, 0.15) is 11.8 Å². The van der Waals surface area contributed by atoms with Crippen LogP contribution in [-0.2, 0) is 14.3 Å². The highest BCUT2D eigenvalue weighted by Crippen LogP contribution is 2.34. The van der Waals surface area contributed by atoms with Crippen molar-refractivity contribution < 1.29 is 19.1 Å². The highest BCUT2D eigenvalue weighted by Gasteiger charge is 2.30. The van der Waals surface area contributed by atoms with Gasteiger partial charge in [-0.25, -0.2) is 9.79 Å². The lowest BCUT2D eigenvalue weighted by Crippen LogP contribution is -2.31. The predicted octanol–water partition coefficient (Wildman–Crippen LogP) is 4.56. The fraction of sp³-hybridized carbons (Fsp3) is 0.261. The number of para-hydroxylation sites is 1. The zero-order chi connectivity index (χ0) is 23.1. The first kappa shape index (κ1) is 23.7. The van der Waals surface area contributed by atoms with Gasteiger partial charge in [0.15, 0.2) is 5.17 Å². The lowest BCUT2D eigenvalue weighted by molar-refractivity contribution is -0.139. The second kappa shape index (κ2) is 11.1. The van der Waals surface area contributed by atoms with Crippen molar-refractivity contribution in [3.8, 4) is 5.75 Å². The Morgan fingerprint density at radius 1 is 1.22 bits per heavy atom. The van der Waals surface area contributed by atoms with Crippen LogP contribution in [-0.4, -0.2) is 36.5 Å². The number of carbonyl (C=O) groups excluding carboxylic acids is 2. The zero-order valence-electron chi connectivity index (χ0n) is 18.0. The van der Waals surface area contributed by atoms with Crippen LogP contribution in [0.15, 0.2) is 64.8 Å². The van der Waals surface area contributed by atoms with Crippen molar-refractivity contribution in [1.29, 1.82) is 0 Å². The molecule has 1 aliphatic heterocycles. The summed E-state index contributed by atoms with van der Waals surface area (Å²) in [5.74, 6) is 0.118. The maximum Gasteiger partial charge on any atom is 0.338 e. The summed E-state index contributed by atoms with van der Waals surface area (Å²) < 4.78 is 10.6. The molecule has 0 radical (unpaired) electrons. The van der Waals surface area contributed by atoms with Crippen LogP contribution in [0.25, 0.3) is 0 Å². The number of thioether (sulfide) groups is 1. The number of allylic oxidation sites excluding steroid dienone is 1. The summed E-state index contributed by atoms with van der Waals surface area (Å²) in [5.41, 5.74) is 2.38. The van der Waals surface area contributed by atoms with Crippen LogP contribution in [0.4, 0.5) is 5.69 Å². The van der Waals surface area contributed by atoms with Gasteiger partial charge in [-0.3, -0.25) is 4.79 Å². The number of nitrogens with zero attached hydrogens (tertiary/aromatic N) is 1. The number of anilines is 1. The van der Waals surface area contributed by atoms with E-state index in [4.69, 9.17) is 26.1 Å². The average molecular weight is 474 g/mol. The number of esters is 1. The SMILES string of the molecule is CCOC(=O)C1=C(C)NC(SCC(=O)Nc2ccccc2Cl)=N[C@@H]1c1cccc(OC)c1. The van der Waals surface area contributed by atoms with Gasteiger partial charge in [-0.2, -0.15) is 0 Å². The second-order valence-corrected chi connectivity index (χ2v) is 8.19. The molecular weight excluding hydrogens is 450 g/mol. The van der Waals surface area contributed by atoms with Gasteiger partial charge in [0.25, 0.3) is 0 Å². The monoisotopic (exact) mass is 473 g/mol. The van der Waals surface area contributed by atoms with Crippen LogP contribution >= 0.6 is 23.4 Å². The molecule has 1 amide bonds. The van der Waals surface area contributed by atoms with Crippen molar-refractivity contribution in [2.45, 2.75) is 19.9 Å². The standard InChI is InChI=1S/C23H24ClN3O4S/c1-4-31-22(29)20-14(2)25-23(27-21(20)15-8-7-9-16(12-15)30-3)32-13-19(28)26-18-11-6-5-10-17(18)24/h5-12,21H,4,13H2,1-3H3,(H,25,27)(H,26,28)/t21-/m1/s1. The summed E-state index contributed by atoms with van der Waals surface area (Å²) in [6.07, 6.45) is 0.